The average molecular weight is 432 g/mol. The number of nitro groups is 1. The van der Waals surface area contributed by atoms with Gasteiger partial charge in [-0.05, 0) is 36.8 Å². The molecule has 3 rings (SSSR count). The Balaban J connectivity index is 1.70. The molecule has 0 bridgehead atoms. The van der Waals surface area contributed by atoms with E-state index in [1.807, 2.05) is 29.6 Å². The molecule has 0 spiro atoms. The monoisotopic (exact) mass is 431 g/mol. The summed E-state index contributed by atoms with van der Waals surface area (Å²) >= 11 is 7.26. The van der Waals surface area contributed by atoms with Gasteiger partial charge in [0.25, 0.3) is 11.6 Å². The Morgan fingerprint density at radius 2 is 2.03 bits per heavy atom. The maximum atomic E-state index is 12.5. The van der Waals surface area contributed by atoms with E-state index in [4.69, 9.17) is 16.3 Å². The molecular weight excluding hydrogens is 414 g/mol. The quantitative estimate of drug-likeness (QED) is 0.276. The smallest absolute Gasteiger partial charge is 0.270 e. The maximum Gasteiger partial charge on any atom is 0.270 e. The van der Waals surface area contributed by atoms with Crippen molar-refractivity contribution >= 4 is 39.7 Å². The van der Waals surface area contributed by atoms with Gasteiger partial charge < -0.3 is 4.74 Å². The lowest BCUT2D eigenvalue weighted by molar-refractivity contribution is -0.384. The number of carbonyl (C=O) groups excluding carboxylic acids is 1. The number of anilines is 1. The Labute approximate surface area is 176 Å². The molecule has 1 amide bonds. The molecule has 0 aliphatic carbocycles. The number of aromatic nitrogens is 1. The van der Waals surface area contributed by atoms with Crippen molar-refractivity contribution in [3.05, 3.63) is 68.5 Å². The Morgan fingerprint density at radius 1 is 1.28 bits per heavy atom. The fourth-order valence-electron chi connectivity index (χ4n) is 2.49. The summed E-state index contributed by atoms with van der Waals surface area (Å²) in [6.45, 7) is 2.79. The number of rotatable bonds is 8. The highest BCUT2D eigenvalue weighted by Gasteiger charge is 2.17. The first-order chi connectivity index (χ1) is 14.0. The van der Waals surface area contributed by atoms with Gasteiger partial charge >= 0.3 is 0 Å². The molecule has 7 nitrogen and oxygen atoms in total. The van der Waals surface area contributed by atoms with Gasteiger partial charge in [-0.2, -0.15) is 0 Å². The molecule has 0 aliphatic heterocycles. The zero-order valence-electron chi connectivity index (χ0n) is 15.6. The van der Waals surface area contributed by atoms with Gasteiger partial charge in [-0.3, -0.25) is 20.2 Å². The predicted molar refractivity (Wildman–Crippen MR) is 114 cm³/mol. The van der Waals surface area contributed by atoms with E-state index in [1.165, 1.54) is 23.5 Å². The van der Waals surface area contributed by atoms with Crippen molar-refractivity contribution in [3.8, 4) is 17.0 Å². The number of benzene rings is 2. The minimum atomic E-state index is -0.579. The Morgan fingerprint density at radius 3 is 2.72 bits per heavy atom. The molecule has 0 atom stereocenters. The number of nitrogens with zero attached hydrogens (tertiary/aromatic N) is 2. The van der Waals surface area contributed by atoms with E-state index in [-0.39, 0.29) is 16.3 Å². The zero-order valence-corrected chi connectivity index (χ0v) is 17.1. The number of non-ortho nitro benzene ring substituents is 1. The van der Waals surface area contributed by atoms with Crippen LogP contribution in [0.4, 0.5) is 10.8 Å². The van der Waals surface area contributed by atoms with Crippen LogP contribution < -0.4 is 10.1 Å². The fraction of sp³-hybridized carbons (Fsp3) is 0.200. The van der Waals surface area contributed by atoms with Gasteiger partial charge in [-0.1, -0.05) is 24.9 Å². The summed E-state index contributed by atoms with van der Waals surface area (Å²) in [6, 6.07) is 11.3. The summed E-state index contributed by atoms with van der Waals surface area (Å²) in [5.74, 6) is 0.241. The van der Waals surface area contributed by atoms with Crippen molar-refractivity contribution in [1.82, 2.24) is 4.98 Å². The van der Waals surface area contributed by atoms with Gasteiger partial charge in [0.2, 0.25) is 0 Å². The van der Waals surface area contributed by atoms with Crippen molar-refractivity contribution in [2.75, 3.05) is 11.9 Å². The molecule has 1 heterocycles. The molecule has 3 aromatic rings. The summed E-state index contributed by atoms with van der Waals surface area (Å²) in [5, 5.41) is 15.9. The largest absolute Gasteiger partial charge is 0.494 e. The van der Waals surface area contributed by atoms with Gasteiger partial charge in [-0.25, -0.2) is 4.98 Å². The lowest BCUT2D eigenvalue weighted by Gasteiger charge is -2.05. The highest BCUT2D eigenvalue weighted by molar-refractivity contribution is 7.14. The third kappa shape index (κ3) is 5.30. The van der Waals surface area contributed by atoms with Crippen molar-refractivity contribution in [2.24, 2.45) is 0 Å². The van der Waals surface area contributed by atoms with Crippen LogP contribution in [-0.2, 0) is 0 Å². The predicted octanol–water partition coefficient (Wildman–Crippen LogP) is 5.80. The Hall–Kier alpha value is -2.97. The lowest BCUT2D eigenvalue weighted by Crippen LogP contribution is -2.12. The third-order valence-corrected chi connectivity index (χ3v) is 5.13. The normalized spacial score (nSPS) is 10.6. The van der Waals surface area contributed by atoms with E-state index in [9.17, 15) is 14.9 Å². The summed E-state index contributed by atoms with van der Waals surface area (Å²) in [6.07, 6.45) is 2.08. The van der Waals surface area contributed by atoms with E-state index in [1.54, 1.807) is 0 Å². The zero-order chi connectivity index (χ0) is 20.8. The number of ether oxygens (including phenoxy) is 1. The molecule has 0 aliphatic rings. The van der Waals surface area contributed by atoms with Crippen LogP contribution in [0.25, 0.3) is 11.3 Å². The molecule has 29 heavy (non-hydrogen) atoms. The number of hydrogen-bond acceptors (Lipinski definition) is 6. The SMILES string of the molecule is CCCCOc1ccc(-c2csc(NC(=O)c3cc([N+](=O)[O-])ccc3Cl)n2)cc1. The van der Waals surface area contributed by atoms with Crippen LogP contribution in [-0.4, -0.2) is 22.4 Å². The lowest BCUT2D eigenvalue weighted by atomic mass is 10.2. The molecule has 9 heteroatoms. The van der Waals surface area contributed by atoms with Crippen molar-refractivity contribution < 1.29 is 14.5 Å². The summed E-state index contributed by atoms with van der Waals surface area (Å²) in [7, 11) is 0. The first-order valence-electron chi connectivity index (χ1n) is 8.92. The molecule has 1 aromatic heterocycles. The molecule has 0 saturated heterocycles. The van der Waals surface area contributed by atoms with E-state index in [0.29, 0.717) is 17.4 Å². The Bertz CT molecular complexity index is 1020. The van der Waals surface area contributed by atoms with E-state index >= 15 is 0 Å². The third-order valence-electron chi connectivity index (χ3n) is 4.05. The summed E-state index contributed by atoms with van der Waals surface area (Å²) < 4.78 is 5.65. The first-order valence-corrected chi connectivity index (χ1v) is 10.2. The second-order valence-electron chi connectivity index (χ2n) is 6.14. The van der Waals surface area contributed by atoms with Crippen molar-refractivity contribution in [2.45, 2.75) is 19.8 Å². The molecule has 0 fully saturated rings. The first kappa shape index (κ1) is 20.8. The maximum absolute atomic E-state index is 12.5. The van der Waals surface area contributed by atoms with Crippen LogP contribution >= 0.6 is 22.9 Å². The van der Waals surface area contributed by atoms with Crippen LogP contribution in [0, 0.1) is 10.1 Å². The molecule has 1 N–H and O–H groups in total. The molecule has 0 unspecified atom stereocenters. The number of hydrogen-bond donors (Lipinski definition) is 1. The van der Waals surface area contributed by atoms with Gasteiger partial charge in [-0.15, -0.1) is 11.3 Å². The number of nitro benzene ring substituents is 1. The van der Waals surface area contributed by atoms with E-state index in [2.05, 4.69) is 17.2 Å². The number of carbonyl (C=O) groups is 1. The molecular formula is C20H18ClN3O4S. The number of nitrogens with one attached hydrogen (secondary N) is 1. The molecule has 0 saturated carbocycles. The van der Waals surface area contributed by atoms with Gasteiger partial charge in [0.15, 0.2) is 5.13 Å². The van der Waals surface area contributed by atoms with Crippen LogP contribution in [0.1, 0.15) is 30.1 Å². The summed E-state index contributed by atoms with van der Waals surface area (Å²) in [4.78, 5) is 27.2. The average Bonchev–Trinajstić information content (AvgIpc) is 3.17. The second kappa shape index (κ2) is 9.49. The van der Waals surface area contributed by atoms with Crippen LogP contribution in [0.3, 0.4) is 0 Å². The van der Waals surface area contributed by atoms with Gasteiger partial charge in [0, 0.05) is 23.1 Å². The highest BCUT2D eigenvalue weighted by Crippen LogP contribution is 2.28. The second-order valence-corrected chi connectivity index (χ2v) is 7.40. The number of halogens is 1. The van der Waals surface area contributed by atoms with Crippen LogP contribution in [0.5, 0.6) is 5.75 Å². The molecule has 2 aromatic carbocycles. The number of thiazole rings is 1. The highest BCUT2D eigenvalue weighted by atomic mass is 35.5. The van der Waals surface area contributed by atoms with Crippen LogP contribution in [0.2, 0.25) is 5.02 Å². The minimum Gasteiger partial charge on any atom is -0.494 e. The van der Waals surface area contributed by atoms with E-state index in [0.717, 1.165) is 30.2 Å². The van der Waals surface area contributed by atoms with Crippen molar-refractivity contribution in [3.63, 3.8) is 0 Å². The van der Waals surface area contributed by atoms with Crippen molar-refractivity contribution in [1.29, 1.82) is 0 Å². The standard InChI is InChI=1S/C20H18ClN3O4S/c1-2-3-10-28-15-7-4-13(5-8-15)18-12-29-20(22-18)23-19(25)16-11-14(24(26)27)6-9-17(16)21/h4-9,11-12H,2-3,10H2,1H3,(H,22,23,25). The van der Waals surface area contributed by atoms with Crippen LogP contribution in [0.15, 0.2) is 47.8 Å². The Kier molecular flexibility index (Phi) is 6.79. The molecule has 150 valence electrons. The molecule has 0 radical (unpaired) electrons. The minimum absolute atomic E-state index is 0.0196. The van der Waals surface area contributed by atoms with Gasteiger partial charge in [0.1, 0.15) is 5.75 Å². The van der Waals surface area contributed by atoms with E-state index < -0.39 is 10.8 Å². The number of amides is 1. The van der Waals surface area contributed by atoms with Gasteiger partial charge in [0.05, 0.1) is 27.8 Å². The fourth-order valence-corrected chi connectivity index (χ4v) is 3.40. The number of unbranched alkanes of at least 4 members (excludes halogenated alkanes) is 1. The topological polar surface area (TPSA) is 94.4 Å². The summed E-state index contributed by atoms with van der Waals surface area (Å²) in [5.41, 5.74) is 1.40.